The van der Waals surface area contributed by atoms with Crippen molar-refractivity contribution in [3.05, 3.63) is 72.1 Å². The molecular weight excluding hydrogens is 372 g/mol. The number of nitrogens with zero attached hydrogens (tertiary/aromatic N) is 6. The summed E-state index contributed by atoms with van der Waals surface area (Å²) in [6.45, 7) is 0.596. The molecule has 28 heavy (non-hydrogen) atoms. The highest BCUT2D eigenvalue weighted by Gasteiger charge is 2.09. The first-order valence-electron chi connectivity index (χ1n) is 8.85. The van der Waals surface area contributed by atoms with Gasteiger partial charge in [0.1, 0.15) is 6.67 Å². The Kier molecular flexibility index (Phi) is 7.46. The normalized spacial score (nSPS) is 13.4. The molecule has 148 valence electrons. The van der Waals surface area contributed by atoms with Gasteiger partial charge >= 0.3 is 0 Å². The van der Waals surface area contributed by atoms with Crippen molar-refractivity contribution >= 4 is 36.2 Å². The van der Waals surface area contributed by atoms with Gasteiger partial charge in [0, 0.05) is 52.0 Å². The first-order chi connectivity index (χ1) is 13.0. The molecular formula is C21H27ClN6. The molecule has 0 saturated heterocycles. The standard InChI is InChI=1S/C21H26N6.ClH/c1-24(2)20-9-5-18(6-10-20)15-22-26-13-14-27(17-26)23-16-19-7-11-21(12-8-19)25(3)4;/h5-16H,17H2,1-4H3;1H. The third-order valence-electron chi connectivity index (χ3n) is 4.23. The molecule has 0 fully saturated rings. The van der Waals surface area contributed by atoms with Gasteiger partial charge in [-0.2, -0.15) is 10.2 Å². The van der Waals surface area contributed by atoms with Gasteiger partial charge in [-0.15, -0.1) is 12.4 Å². The maximum Gasteiger partial charge on any atom is 0.133 e. The van der Waals surface area contributed by atoms with Gasteiger partial charge < -0.3 is 9.80 Å². The van der Waals surface area contributed by atoms with Crippen LogP contribution in [0.3, 0.4) is 0 Å². The maximum atomic E-state index is 4.49. The van der Waals surface area contributed by atoms with E-state index < -0.39 is 0 Å². The molecule has 0 saturated carbocycles. The molecule has 0 unspecified atom stereocenters. The molecule has 0 spiro atoms. The molecule has 7 heteroatoms. The Balaban J connectivity index is 0.00000280. The highest BCUT2D eigenvalue weighted by molar-refractivity contribution is 5.85. The minimum atomic E-state index is 0. The van der Waals surface area contributed by atoms with Crippen LogP contribution in [-0.4, -0.2) is 57.3 Å². The first-order valence-corrected chi connectivity index (χ1v) is 8.85. The average Bonchev–Trinajstić information content (AvgIpc) is 3.13. The van der Waals surface area contributed by atoms with Crippen LogP contribution in [0, 0.1) is 0 Å². The summed E-state index contributed by atoms with van der Waals surface area (Å²) in [5.74, 6) is 0. The highest BCUT2D eigenvalue weighted by atomic mass is 35.5. The van der Waals surface area contributed by atoms with E-state index in [0.717, 1.165) is 11.1 Å². The van der Waals surface area contributed by atoms with Crippen LogP contribution in [0.15, 0.2) is 71.1 Å². The van der Waals surface area contributed by atoms with E-state index in [4.69, 9.17) is 0 Å². The summed E-state index contributed by atoms with van der Waals surface area (Å²) in [7, 11) is 8.13. The number of rotatable bonds is 6. The number of benzene rings is 2. The number of hydrogen-bond acceptors (Lipinski definition) is 6. The van der Waals surface area contributed by atoms with E-state index in [1.807, 2.05) is 63.0 Å². The van der Waals surface area contributed by atoms with E-state index in [9.17, 15) is 0 Å². The van der Waals surface area contributed by atoms with E-state index in [0.29, 0.717) is 6.67 Å². The molecule has 1 aliphatic rings. The van der Waals surface area contributed by atoms with Crippen LogP contribution in [0.1, 0.15) is 11.1 Å². The van der Waals surface area contributed by atoms with Crippen molar-refractivity contribution in [1.82, 2.24) is 10.0 Å². The summed E-state index contributed by atoms with van der Waals surface area (Å²) in [6.07, 6.45) is 7.54. The molecule has 0 N–H and O–H groups in total. The molecule has 0 atom stereocenters. The SMILES string of the molecule is CN(C)c1ccc(C=NN2C=CN(N=Cc3ccc(N(C)C)cc3)C2)cc1.Cl. The summed E-state index contributed by atoms with van der Waals surface area (Å²) < 4.78 is 0. The van der Waals surface area contributed by atoms with Crippen molar-refractivity contribution in [2.75, 3.05) is 44.7 Å². The van der Waals surface area contributed by atoms with Crippen molar-refractivity contribution in [3.63, 3.8) is 0 Å². The third kappa shape index (κ3) is 5.76. The number of halogens is 1. The highest BCUT2D eigenvalue weighted by Crippen LogP contribution is 2.13. The van der Waals surface area contributed by atoms with E-state index >= 15 is 0 Å². The predicted octanol–water partition coefficient (Wildman–Crippen LogP) is 3.65. The Labute approximate surface area is 173 Å². The lowest BCUT2D eigenvalue weighted by atomic mass is 10.2. The van der Waals surface area contributed by atoms with Gasteiger partial charge in [0.25, 0.3) is 0 Å². The third-order valence-corrected chi connectivity index (χ3v) is 4.23. The number of hydrogen-bond donors (Lipinski definition) is 0. The average molecular weight is 399 g/mol. The van der Waals surface area contributed by atoms with Crippen LogP contribution in [0.5, 0.6) is 0 Å². The Morgan fingerprint density at radius 1 is 0.679 bits per heavy atom. The van der Waals surface area contributed by atoms with Crippen LogP contribution >= 0.6 is 12.4 Å². The van der Waals surface area contributed by atoms with Crippen LogP contribution in [0.2, 0.25) is 0 Å². The van der Waals surface area contributed by atoms with Gasteiger partial charge in [-0.1, -0.05) is 24.3 Å². The lowest BCUT2D eigenvalue weighted by Gasteiger charge is -2.13. The smallest absolute Gasteiger partial charge is 0.133 e. The largest absolute Gasteiger partial charge is 0.378 e. The molecule has 0 amide bonds. The van der Waals surface area contributed by atoms with E-state index in [1.165, 1.54) is 11.4 Å². The fourth-order valence-electron chi connectivity index (χ4n) is 2.55. The Morgan fingerprint density at radius 3 is 1.36 bits per heavy atom. The van der Waals surface area contributed by atoms with Crippen LogP contribution < -0.4 is 9.80 Å². The lowest BCUT2D eigenvalue weighted by Crippen LogP contribution is -2.17. The van der Waals surface area contributed by atoms with Gasteiger partial charge in [-0.3, -0.25) is 0 Å². The molecule has 0 aliphatic carbocycles. The molecule has 1 heterocycles. The summed E-state index contributed by atoms with van der Waals surface area (Å²) in [4.78, 5) is 4.15. The van der Waals surface area contributed by atoms with Crippen molar-refractivity contribution in [2.24, 2.45) is 10.2 Å². The molecule has 1 aliphatic heterocycles. The zero-order valence-corrected chi connectivity index (χ0v) is 17.5. The fraction of sp³-hybridized carbons (Fsp3) is 0.238. The number of hydrazone groups is 2. The summed E-state index contributed by atoms with van der Waals surface area (Å²) in [5, 5.41) is 12.7. The lowest BCUT2D eigenvalue weighted by molar-refractivity contribution is 0.284. The monoisotopic (exact) mass is 398 g/mol. The summed E-state index contributed by atoms with van der Waals surface area (Å²) in [6, 6.07) is 16.6. The van der Waals surface area contributed by atoms with Crippen molar-refractivity contribution in [2.45, 2.75) is 0 Å². The van der Waals surface area contributed by atoms with Crippen molar-refractivity contribution < 1.29 is 0 Å². The summed E-state index contributed by atoms with van der Waals surface area (Å²) >= 11 is 0. The molecule has 2 aromatic rings. The van der Waals surface area contributed by atoms with Gasteiger partial charge in [0.05, 0.1) is 12.4 Å². The van der Waals surface area contributed by atoms with E-state index in [1.54, 1.807) is 0 Å². The van der Waals surface area contributed by atoms with Crippen LogP contribution in [0.4, 0.5) is 11.4 Å². The minimum absolute atomic E-state index is 0. The van der Waals surface area contributed by atoms with Gasteiger partial charge in [0.15, 0.2) is 0 Å². The molecule has 0 radical (unpaired) electrons. The molecule has 6 nitrogen and oxygen atoms in total. The Bertz CT molecular complexity index is 755. The topological polar surface area (TPSA) is 37.7 Å². The second kappa shape index (κ2) is 9.80. The van der Waals surface area contributed by atoms with Crippen LogP contribution in [0.25, 0.3) is 0 Å². The first kappa shape index (κ1) is 21.3. The molecule has 3 rings (SSSR count). The molecule has 0 aromatic heterocycles. The minimum Gasteiger partial charge on any atom is -0.378 e. The molecule has 0 bridgehead atoms. The Hall–Kier alpha value is -2.99. The van der Waals surface area contributed by atoms with Gasteiger partial charge in [-0.25, -0.2) is 10.0 Å². The quantitative estimate of drug-likeness (QED) is 0.696. The number of anilines is 2. The zero-order chi connectivity index (χ0) is 19.2. The van der Waals surface area contributed by atoms with Crippen LogP contribution in [-0.2, 0) is 0 Å². The fourth-order valence-corrected chi connectivity index (χ4v) is 2.55. The van der Waals surface area contributed by atoms with E-state index in [2.05, 4.69) is 68.5 Å². The second-order valence-electron chi connectivity index (χ2n) is 6.78. The Morgan fingerprint density at radius 2 is 1.04 bits per heavy atom. The van der Waals surface area contributed by atoms with Gasteiger partial charge in [0.2, 0.25) is 0 Å². The predicted molar refractivity (Wildman–Crippen MR) is 122 cm³/mol. The van der Waals surface area contributed by atoms with Crippen molar-refractivity contribution in [1.29, 1.82) is 0 Å². The second-order valence-corrected chi connectivity index (χ2v) is 6.78. The summed E-state index contributed by atoms with van der Waals surface area (Å²) in [5.41, 5.74) is 4.48. The van der Waals surface area contributed by atoms with Crippen molar-refractivity contribution in [3.8, 4) is 0 Å². The van der Waals surface area contributed by atoms with E-state index in [-0.39, 0.29) is 12.4 Å². The zero-order valence-electron chi connectivity index (χ0n) is 16.7. The molecule has 2 aromatic carbocycles. The maximum absolute atomic E-state index is 4.49. The van der Waals surface area contributed by atoms with Gasteiger partial charge in [-0.05, 0) is 35.4 Å².